The molecule has 0 radical (unpaired) electrons. The lowest BCUT2D eigenvalue weighted by atomic mass is 9.82. The molecule has 0 unspecified atom stereocenters. The summed E-state index contributed by atoms with van der Waals surface area (Å²) in [7, 11) is 0. The first-order valence-corrected chi connectivity index (χ1v) is 11.8. The van der Waals surface area contributed by atoms with Gasteiger partial charge in [-0.25, -0.2) is 13.6 Å². The van der Waals surface area contributed by atoms with Gasteiger partial charge in [0.25, 0.3) is 5.91 Å². The number of fused-ring (bicyclic) bond motifs is 1. The highest BCUT2D eigenvalue weighted by molar-refractivity contribution is 6.36. The Morgan fingerprint density at radius 2 is 1.85 bits per heavy atom. The fraction of sp³-hybridized carbons (Fsp3) is 0.583. The molecule has 2 amide bonds. The van der Waals surface area contributed by atoms with E-state index in [0.29, 0.717) is 29.1 Å². The van der Waals surface area contributed by atoms with Crippen LogP contribution in [0.25, 0.3) is 10.9 Å². The maximum Gasteiger partial charge on any atom is 0.410 e. The first kappa shape index (κ1) is 24.7. The lowest BCUT2D eigenvalue weighted by Crippen LogP contribution is -2.52. The minimum Gasteiger partial charge on any atom is -0.444 e. The third kappa shape index (κ3) is 5.15. The molecule has 2 N–H and O–H groups in total. The normalized spacial score (nSPS) is 20.1. The van der Waals surface area contributed by atoms with Crippen molar-refractivity contribution in [2.75, 3.05) is 19.6 Å². The highest BCUT2D eigenvalue weighted by atomic mass is 35.5. The summed E-state index contributed by atoms with van der Waals surface area (Å²) in [6, 6.07) is 5.28. The number of rotatable bonds is 4. The van der Waals surface area contributed by atoms with Gasteiger partial charge in [-0.2, -0.15) is 0 Å². The Hall–Kier alpha value is -2.39. The molecule has 2 aliphatic rings. The number of hydrogen-bond acceptors (Lipinski definition) is 4. The van der Waals surface area contributed by atoms with Crippen LogP contribution in [0.5, 0.6) is 0 Å². The molecule has 2 fully saturated rings. The van der Waals surface area contributed by atoms with Crippen LogP contribution in [0.1, 0.15) is 62.9 Å². The SMILES string of the molecule is CC(C)(C)OC(=O)N1CC(n2cc(C(=O)NCC3(O)CCC(F)(F)CC3)c3c(Cl)cccc32)C1. The van der Waals surface area contributed by atoms with Crippen molar-refractivity contribution in [1.29, 1.82) is 0 Å². The van der Waals surface area contributed by atoms with Gasteiger partial charge in [0, 0.05) is 44.1 Å². The topological polar surface area (TPSA) is 83.8 Å². The Kier molecular flexibility index (Phi) is 6.31. The average molecular weight is 498 g/mol. The van der Waals surface area contributed by atoms with Gasteiger partial charge in [0.05, 0.1) is 27.7 Å². The zero-order valence-corrected chi connectivity index (χ0v) is 20.3. The predicted octanol–water partition coefficient (Wildman–Crippen LogP) is 4.76. The van der Waals surface area contributed by atoms with Crippen molar-refractivity contribution >= 4 is 34.5 Å². The minimum atomic E-state index is -2.77. The molecule has 1 saturated heterocycles. The van der Waals surface area contributed by atoms with Crippen LogP contribution in [0, 0.1) is 0 Å². The number of nitrogens with one attached hydrogen (secondary N) is 1. The summed E-state index contributed by atoms with van der Waals surface area (Å²) in [6.07, 6.45) is 0.349. The highest BCUT2D eigenvalue weighted by Crippen LogP contribution is 2.38. The second-order valence-electron chi connectivity index (χ2n) is 10.4. The van der Waals surface area contributed by atoms with Gasteiger partial charge in [-0.1, -0.05) is 17.7 Å². The van der Waals surface area contributed by atoms with Gasteiger partial charge in [-0.3, -0.25) is 4.79 Å². The first-order chi connectivity index (χ1) is 15.8. The van der Waals surface area contributed by atoms with Gasteiger partial charge in [0.15, 0.2) is 0 Å². The second kappa shape index (κ2) is 8.68. The Morgan fingerprint density at radius 1 is 1.21 bits per heavy atom. The number of ether oxygens (including phenoxy) is 1. The van der Waals surface area contributed by atoms with Gasteiger partial charge in [0.2, 0.25) is 5.92 Å². The van der Waals surface area contributed by atoms with E-state index in [1.165, 1.54) is 0 Å². The van der Waals surface area contributed by atoms with Crippen LogP contribution in [-0.4, -0.2) is 63.3 Å². The summed E-state index contributed by atoms with van der Waals surface area (Å²) in [6.45, 7) is 6.17. The molecular formula is C24H30ClF2N3O4. The number of likely N-dealkylation sites (tertiary alicyclic amines) is 1. The van der Waals surface area contributed by atoms with Crippen LogP contribution >= 0.6 is 11.6 Å². The van der Waals surface area contributed by atoms with E-state index in [0.717, 1.165) is 5.52 Å². The van der Waals surface area contributed by atoms with Crippen LogP contribution < -0.4 is 5.32 Å². The van der Waals surface area contributed by atoms with Crippen molar-refractivity contribution in [3.63, 3.8) is 0 Å². The van der Waals surface area contributed by atoms with Gasteiger partial charge in [0.1, 0.15) is 5.60 Å². The predicted molar refractivity (Wildman–Crippen MR) is 124 cm³/mol. The molecule has 1 aliphatic heterocycles. The zero-order valence-electron chi connectivity index (χ0n) is 19.5. The molecule has 1 saturated carbocycles. The number of carbonyl (C=O) groups is 2. The lowest BCUT2D eigenvalue weighted by Gasteiger charge is -2.40. The Labute approximate surface area is 202 Å². The van der Waals surface area contributed by atoms with Crippen LogP contribution in [0.15, 0.2) is 24.4 Å². The van der Waals surface area contributed by atoms with Crippen molar-refractivity contribution in [1.82, 2.24) is 14.8 Å². The maximum atomic E-state index is 13.5. The van der Waals surface area contributed by atoms with Gasteiger partial charge in [-0.15, -0.1) is 0 Å². The summed E-state index contributed by atoms with van der Waals surface area (Å²) >= 11 is 6.43. The monoisotopic (exact) mass is 497 g/mol. The average Bonchev–Trinajstić information content (AvgIpc) is 3.07. The molecule has 0 bridgehead atoms. The van der Waals surface area contributed by atoms with Crippen LogP contribution in [0.2, 0.25) is 5.02 Å². The Balaban J connectivity index is 1.49. The van der Waals surface area contributed by atoms with E-state index in [1.807, 2.05) is 31.4 Å². The van der Waals surface area contributed by atoms with Gasteiger partial charge in [-0.05, 0) is 45.7 Å². The van der Waals surface area contributed by atoms with E-state index in [1.54, 1.807) is 23.2 Å². The number of aromatic nitrogens is 1. The smallest absolute Gasteiger partial charge is 0.410 e. The number of halogens is 3. The van der Waals surface area contributed by atoms with Crippen LogP contribution in [0.3, 0.4) is 0 Å². The highest BCUT2D eigenvalue weighted by Gasteiger charge is 2.42. The van der Waals surface area contributed by atoms with Crippen LogP contribution in [-0.2, 0) is 4.74 Å². The first-order valence-electron chi connectivity index (χ1n) is 11.4. The Morgan fingerprint density at radius 3 is 2.47 bits per heavy atom. The molecule has 7 nitrogen and oxygen atoms in total. The fourth-order valence-corrected chi connectivity index (χ4v) is 4.72. The molecule has 1 aromatic heterocycles. The van der Waals surface area contributed by atoms with Crippen molar-refractivity contribution in [2.45, 2.75) is 69.6 Å². The van der Waals surface area contributed by atoms with Crippen molar-refractivity contribution in [3.8, 4) is 0 Å². The molecule has 34 heavy (non-hydrogen) atoms. The number of benzene rings is 1. The molecule has 0 atom stereocenters. The quantitative estimate of drug-likeness (QED) is 0.638. The lowest BCUT2D eigenvalue weighted by molar-refractivity contribution is -0.101. The third-order valence-corrected chi connectivity index (χ3v) is 6.76. The number of amides is 2. The number of aliphatic hydroxyl groups is 1. The summed E-state index contributed by atoms with van der Waals surface area (Å²) in [5.41, 5.74) is -0.857. The maximum absolute atomic E-state index is 13.5. The van der Waals surface area contributed by atoms with E-state index in [2.05, 4.69) is 5.32 Å². The summed E-state index contributed by atoms with van der Waals surface area (Å²) in [5, 5.41) is 14.3. The summed E-state index contributed by atoms with van der Waals surface area (Å²) in [5.74, 6) is -3.21. The molecule has 1 aliphatic carbocycles. The van der Waals surface area contributed by atoms with E-state index in [-0.39, 0.29) is 31.5 Å². The number of alkyl halides is 2. The molecule has 1 aromatic carbocycles. The van der Waals surface area contributed by atoms with Gasteiger partial charge >= 0.3 is 6.09 Å². The zero-order chi connectivity index (χ0) is 24.9. The molecule has 10 heteroatoms. The fourth-order valence-electron chi connectivity index (χ4n) is 4.45. The molecule has 2 aromatic rings. The summed E-state index contributed by atoms with van der Waals surface area (Å²) < 4.78 is 34.2. The number of nitrogens with zero attached hydrogens (tertiary/aromatic N) is 2. The van der Waals surface area contributed by atoms with E-state index >= 15 is 0 Å². The Bertz CT molecular complexity index is 1100. The minimum absolute atomic E-state index is 0.0557. The van der Waals surface area contributed by atoms with E-state index in [9.17, 15) is 23.5 Å². The van der Waals surface area contributed by atoms with Gasteiger partial charge < -0.3 is 24.6 Å². The van der Waals surface area contributed by atoms with E-state index in [4.69, 9.17) is 16.3 Å². The molecule has 4 rings (SSSR count). The third-order valence-electron chi connectivity index (χ3n) is 6.45. The molecular weight excluding hydrogens is 468 g/mol. The second-order valence-corrected chi connectivity index (χ2v) is 10.8. The van der Waals surface area contributed by atoms with Crippen molar-refractivity contribution < 1.29 is 28.2 Å². The number of hydrogen-bond donors (Lipinski definition) is 2. The standard InChI is InChI=1S/C24H30ClF2N3O4/c1-22(2,3)34-21(32)29-11-15(12-29)30-13-16(19-17(25)5-4-6-18(19)30)20(31)28-14-23(33)7-9-24(26,27)10-8-23/h4-6,13,15,33H,7-12,14H2,1-3H3,(H,28,31). The van der Waals surface area contributed by atoms with Crippen molar-refractivity contribution in [2.24, 2.45) is 0 Å². The van der Waals surface area contributed by atoms with E-state index < -0.39 is 35.9 Å². The van der Waals surface area contributed by atoms with Crippen molar-refractivity contribution in [3.05, 3.63) is 35.0 Å². The molecule has 0 spiro atoms. The largest absolute Gasteiger partial charge is 0.444 e. The molecule has 186 valence electrons. The van der Waals surface area contributed by atoms with Crippen LogP contribution in [0.4, 0.5) is 13.6 Å². The number of carbonyl (C=O) groups excluding carboxylic acids is 2. The molecule has 2 heterocycles. The summed E-state index contributed by atoms with van der Waals surface area (Å²) in [4.78, 5) is 27.0.